The Morgan fingerprint density at radius 2 is 1.48 bits per heavy atom. The van der Waals surface area contributed by atoms with Gasteiger partial charge in [0, 0.05) is 6.54 Å². The van der Waals surface area contributed by atoms with Gasteiger partial charge in [0.2, 0.25) is 0 Å². The largest absolute Gasteiger partial charge is 0.249 e. The van der Waals surface area contributed by atoms with Crippen molar-refractivity contribution < 1.29 is 0 Å². The molecule has 1 aromatic heterocycles. The van der Waals surface area contributed by atoms with Gasteiger partial charge in [-0.15, -0.1) is 5.10 Å². The molecule has 0 amide bonds. The van der Waals surface area contributed by atoms with Gasteiger partial charge in [-0.05, 0) is 31.1 Å². The Labute approximate surface area is 131 Å². The van der Waals surface area contributed by atoms with Crippen molar-refractivity contribution in [2.24, 2.45) is 11.8 Å². The average molecular weight is 293 g/mol. The lowest BCUT2D eigenvalue weighted by Crippen LogP contribution is -2.07. The maximum absolute atomic E-state index is 4.21. The fourth-order valence-corrected chi connectivity index (χ4v) is 2.61. The molecule has 0 radical (unpaired) electrons. The molecule has 0 spiro atoms. The molecule has 0 N–H and O–H groups in total. The minimum Gasteiger partial charge on any atom is -0.249 e. The number of unbranched alkanes of at least 4 members (excludes halogenated alkanes) is 5. The van der Waals surface area contributed by atoms with E-state index in [1.807, 2.05) is 6.20 Å². The molecule has 3 heteroatoms. The van der Waals surface area contributed by atoms with Crippen LogP contribution in [0.5, 0.6) is 0 Å². The van der Waals surface area contributed by atoms with Crippen LogP contribution in [0.4, 0.5) is 0 Å². The van der Waals surface area contributed by atoms with Crippen LogP contribution in [0.25, 0.3) is 0 Å². The van der Waals surface area contributed by atoms with E-state index < -0.39 is 0 Å². The van der Waals surface area contributed by atoms with Crippen LogP contribution in [0.15, 0.2) is 6.20 Å². The molecule has 0 bridgehead atoms. The summed E-state index contributed by atoms with van der Waals surface area (Å²) in [4.78, 5) is 0. The first kappa shape index (κ1) is 18.2. The van der Waals surface area contributed by atoms with Crippen LogP contribution >= 0.6 is 0 Å². The van der Waals surface area contributed by atoms with Crippen LogP contribution in [0, 0.1) is 11.8 Å². The topological polar surface area (TPSA) is 30.7 Å². The molecule has 0 aliphatic heterocycles. The van der Waals surface area contributed by atoms with Gasteiger partial charge in [-0.1, -0.05) is 71.4 Å². The van der Waals surface area contributed by atoms with Gasteiger partial charge < -0.3 is 0 Å². The van der Waals surface area contributed by atoms with E-state index in [2.05, 4.69) is 42.7 Å². The van der Waals surface area contributed by atoms with E-state index in [-0.39, 0.29) is 0 Å². The maximum atomic E-state index is 4.21. The quantitative estimate of drug-likeness (QED) is 0.492. The lowest BCUT2D eigenvalue weighted by molar-refractivity contribution is 0.463. The molecule has 1 rings (SSSR count). The summed E-state index contributed by atoms with van der Waals surface area (Å²) in [7, 11) is 0. The third-order valence-electron chi connectivity index (χ3n) is 4.08. The first-order chi connectivity index (χ1) is 10.1. The first-order valence-electron chi connectivity index (χ1n) is 8.97. The third-order valence-corrected chi connectivity index (χ3v) is 4.08. The van der Waals surface area contributed by atoms with Crippen LogP contribution in [0.1, 0.15) is 84.8 Å². The van der Waals surface area contributed by atoms with Crippen LogP contribution < -0.4 is 0 Å². The van der Waals surface area contributed by atoms with Crippen LogP contribution in [-0.2, 0) is 13.0 Å². The Bertz CT molecular complexity index is 355. The van der Waals surface area contributed by atoms with Crippen LogP contribution in [0.3, 0.4) is 0 Å². The molecule has 0 fully saturated rings. The highest BCUT2D eigenvalue weighted by Crippen LogP contribution is 2.13. The highest BCUT2D eigenvalue weighted by atomic mass is 15.4. The zero-order valence-electron chi connectivity index (χ0n) is 14.6. The number of nitrogens with zero attached hydrogens (tertiary/aromatic N) is 3. The molecule has 0 aromatic carbocycles. The Morgan fingerprint density at radius 3 is 2.14 bits per heavy atom. The second-order valence-corrected chi connectivity index (χ2v) is 7.18. The molecule has 0 saturated carbocycles. The summed E-state index contributed by atoms with van der Waals surface area (Å²) >= 11 is 0. The number of hydrogen-bond donors (Lipinski definition) is 0. The highest BCUT2D eigenvalue weighted by molar-refractivity contribution is 4.93. The van der Waals surface area contributed by atoms with Gasteiger partial charge in [-0.3, -0.25) is 0 Å². The molecular formula is C18H35N3. The summed E-state index contributed by atoms with van der Waals surface area (Å²) in [5, 5.41) is 8.28. The van der Waals surface area contributed by atoms with Crippen LogP contribution in [0.2, 0.25) is 0 Å². The van der Waals surface area contributed by atoms with Gasteiger partial charge >= 0.3 is 0 Å². The van der Waals surface area contributed by atoms with Gasteiger partial charge in [0.05, 0.1) is 11.9 Å². The van der Waals surface area contributed by atoms with E-state index in [1.54, 1.807) is 0 Å². The average Bonchev–Trinajstić information content (AvgIpc) is 2.86. The van der Waals surface area contributed by atoms with Crippen molar-refractivity contribution in [1.29, 1.82) is 0 Å². The van der Waals surface area contributed by atoms with Crippen molar-refractivity contribution in [3.63, 3.8) is 0 Å². The Balaban J connectivity index is 2.06. The smallest absolute Gasteiger partial charge is 0.0725 e. The predicted molar refractivity (Wildman–Crippen MR) is 90.3 cm³/mol. The highest BCUT2D eigenvalue weighted by Gasteiger charge is 2.04. The van der Waals surface area contributed by atoms with Crippen molar-refractivity contribution >= 4 is 0 Å². The zero-order valence-corrected chi connectivity index (χ0v) is 14.6. The Kier molecular flexibility index (Phi) is 9.36. The molecule has 21 heavy (non-hydrogen) atoms. The van der Waals surface area contributed by atoms with Gasteiger partial charge in [0.15, 0.2) is 0 Å². The fraction of sp³-hybridized carbons (Fsp3) is 0.889. The van der Waals surface area contributed by atoms with E-state index >= 15 is 0 Å². The van der Waals surface area contributed by atoms with Gasteiger partial charge in [-0.25, -0.2) is 4.68 Å². The number of rotatable bonds is 12. The van der Waals surface area contributed by atoms with E-state index in [4.69, 9.17) is 0 Å². The molecule has 0 aliphatic carbocycles. The lowest BCUT2D eigenvalue weighted by atomic mass is 10.0. The molecule has 3 nitrogen and oxygen atoms in total. The molecule has 1 heterocycles. The lowest BCUT2D eigenvalue weighted by Gasteiger charge is -2.08. The van der Waals surface area contributed by atoms with Crippen molar-refractivity contribution in [2.75, 3.05) is 0 Å². The second kappa shape index (κ2) is 10.8. The molecule has 0 saturated heterocycles. The minimum absolute atomic E-state index is 0.730. The summed E-state index contributed by atoms with van der Waals surface area (Å²) in [5.41, 5.74) is 1.32. The summed E-state index contributed by atoms with van der Waals surface area (Å²) in [5.74, 6) is 1.59. The van der Waals surface area contributed by atoms with E-state index in [0.29, 0.717) is 0 Å². The molecular weight excluding hydrogens is 258 g/mol. The van der Waals surface area contributed by atoms with E-state index in [9.17, 15) is 0 Å². The standard InChI is InChI=1S/C18H35N3/c1-16(2)11-9-7-5-6-8-10-12-18-15-19-20-21(18)14-13-17(3)4/h15-17H,5-14H2,1-4H3. The van der Waals surface area contributed by atoms with Crippen molar-refractivity contribution in [1.82, 2.24) is 15.0 Å². The normalized spacial score (nSPS) is 11.7. The molecule has 0 unspecified atom stereocenters. The monoisotopic (exact) mass is 293 g/mol. The minimum atomic E-state index is 0.730. The summed E-state index contributed by atoms with van der Waals surface area (Å²) in [6.45, 7) is 10.2. The predicted octanol–water partition coefficient (Wildman–Crippen LogP) is 5.25. The SMILES string of the molecule is CC(C)CCCCCCCCc1cnnn1CCC(C)C. The molecule has 1 aromatic rings. The molecule has 122 valence electrons. The number of aromatic nitrogens is 3. The van der Waals surface area contributed by atoms with Crippen molar-refractivity contribution in [2.45, 2.75) is 92.0 Å². The zero-order chi connectivity index (χ0) is 15.5. The van der Waals surface area contributed by atoms with Crippen molar-refractivity contribution in [3.05, 3.63) is 11.9 Å². The van der Waals surface area contributed by atoms with Gasteiger partial charge in [0.25, 0.3) is 0 Å². The number of aryl methyl sites for hydroxylation is 2. The summed E-state index contributed by atoms with van der Waals surface area (Å²) < 4.78 is 2.10. The summed E-state index contributed by atoms with van der Waals surface area (Å²) in [6, 6.07) is 0. The second-order valence-electron chi connectivity index (χ2n) is 7.18. The van der Waals surface area contributed by atoms with Crippen LogP contribution in [-0.4, -0.2) is 15.0 Å². The third kappa shape index (κ3) is 8.90. The molecule has 0 aliphatic rings. The Morgan fingerprint density at radius 1 is 0.857 bits per heavy atom. The Hall–Kier alpha value is -0.860. The number of hydrogen-bond acceptors (Lipinski definition) is 2. The first-order valence-corrected chi connectivity index (χ1v) is 8.97. The fourth-order valence-electron chi connectivity index (χ4n) is 2.61. The van der Waals surface area contributed by atoms with Gasteiger partial charge in [-0.2, -0.15) is 0 Å². The maximum Gasteiger partial charge on any atom is 0.0725 e. The molecule has 0 atom stereocenters. The van der Waals surface area contributed by atoms with E-state index in [1.165, 1.54) is 57.1 Å². The van der Waals surface area contributed by atoms with E-state index in [0.717, 1.165) is 24.8 Å². The van der Waals surface area contributed by atoms with Gasteiger partial charge in [0.1, 0.15) is 0 Å². The summed E-state index contributed by atoms with van der Waals surface area (Å²) in [6.07, 6.45) is 13.9. The van der Waals surface area contributed by atoms with Crippen molar-refractivity contribution in [3.8, 4) is 0 Å².